The zero-order valence-electron chi connectivity index (χ0n) is 16.8. The molecule has 31 heavy (non-hydrogen) atoms. The first-order chi connectivity index (χ1) is 15.0. The van der Waals surface area contributed by atoms with E-state index in [1.165, 1.54) is 6.07 Å². The van der Waals surface area contributed by atoms with Gasteiger partial charge in [-0.3, -0.25) is 9.89 Å². The van der Waals surface area contributed by atoms with Gasteiger partial charge in [-0.25, -0.2) is 14.4 Å². The average Bonchev–Trinajstić information content (AvgIpc) is 3.19. The van der Waals surface area contributed by atoms with Crippen molar-refractivity contribution in [3.63, 3.8) is 0 Å². The summed E-state index contributed by atoms with van der Waals surface area (Å²) >= 11 is 0. The molecule has 2 aromatic carbocycles. The number of carbonyl (C=O) groups excluding carboxylic acids is 1. The molecular formula is C22H21FN6O2. The van der Waals surface area contributed by atoms with Crippen LogP contribution in [0.15, 0.2) is 54.9 Å². The van der Waals surface area contributed by atoms with Crippen LogP contribution in [0.3, 0.4) is 0 Å². The average molecular weight is 420 g/mol. The molecule has 1 atom stereocenters. The van der Waals surface area contributed by atoms with Crippen LogP contribution in [-0.4, -0.2) is 32.7 Å². The van der Waals surface area contributed by atoms with Gasteiger partial charge < -0.3 is 15.8 Å². The summed E-state index contributed by atoms with van der Waals surface area (Å²) in [6.45, 7) is 2.26. The highest BCUT2D eigenvalue weighted by Crippen LogP contribution is 2.26. The lowest BCUT2D eigenvalue weighted by Crippen LogP contribution is -2.18. The molecular weight excluding hydrogens is 399 g/mol. The number of ether oxygens (including phenoxy) is 1. The van der Waals surface area contributed by atoms with Crippen molar-refractivity contribution < 1.29 is 13.9 Å². The number of fused-ring (bicyclic) bond motifs is 1. The molecule has 0 aliphatic rings. The highest BCUT2D eigenvalue weighted by Gasteiger charge is 2.10. The number of benzene rings is 2. The Labute approximate surface area is 177 Å². The number of nitrogens with one attached hydrogen (secondary N) is 2. The molecule has 0 spiro atoms. The molecule has 0 fully saturated rings. The summed E-state index contributed by atoms with van der Waals surface area (Å²) < 4.78 is 20.2. The van der Waals surface area contributed by atoms with Gasteiger partial charge in [-0.15, -0.1) is 0 Å². The van der Waals surface area contributed by atoms with Gasteiger partial charge >= 0.3 is 0 Å². The molecule has 4 rings (SSSR count). The van der Waals surface area contributed by atoms with Crippen LogP contribution in [0.2, 0.25) is 0 Å². The van der Waals surface area contributed by atoms with E-state index in [2.05, 4.69) is 25.5 Å². The number of aromatic nitrogens is 4. The zero-order valence-corrected chi connectivity index (χ0v) is 16.8. The van der Waals surface area contributed by atoms with Crippen LogP contribution in [0.4, 0.5) is 15.9 Å². The predicted molar refractivity (Wildman–Crippen MR) is 115 cm³/mol. The van der Waals surface area contributed by atoms with E-state index in [9.17, 15) is 9.18 Å². The van der Waals surface area contributed by atoms with E-state index in [0.29, 0.717) is 35.2 Å². The van der Waals surface area contributed by atoms with Crippen molar-refractivity contribution in [2.45, 2.75) is 13.3 Å². The van der Waals surface area contributed by atoms with Gasteiger partial charge in [0.25, 0.3) is 0 Å². The number of hydrogen-bond acceptors (Lipinski definition) is 6. The number of rotatable bonds is 8. The number of primary amides is 1. The molecule has 9 heteroatoms. The van der Waals surface area contributed by atoms with Crippen LogP contribution in [0.1, 0.15) is 13.3 Å². The number of amides is 1. The maximum atomic E-state index is 14.4. The molecule has 0 bridgehead atoms. The lowest BCUT2D eigenvalue weighted by atomic mass is 10.1. The van der Waals surface area contributed by atoms with E-state index in [0.717, 1.165) is 10.9 Å². The van der Waals surface area contributed by atoms with Gasteiger partial charge in [0.05, 0.1) is 24.0 Å². The minimum atomic E-state index is -0.419. The zero-order chi connectivity index (χ0) is 21.8. The molecule has 0 saturated heterocycles. The number of hydrogen-bond donors (Lipinski definition) is 3. The molecule has 0 aliphatic heterocycles. The van der Waals surface area contributed by atoms with E-state index in [-0.39, 0.29) is 18.2 Å². The number of aromatic amines is 1. The van der Waals surface area contributed by atoms with Gasteiger partial charge in [0, 0.05) is 29.6 Å². The van der Waals surface area contributed by atoms with Crippen LogP contribution in [0.25, 0.3) is 22.3 Å². The second kappa shape index (κ2) is 8.78. The van der Waals surface area contributed by atoms with Crippen LogP contribution in [0, 0.1) is 11.7 Å². The van der Waals surface area contributed by atoms with Crippen molar-refractivity contribution in [3.8, 4) is 17.1 Å². The van der Waals surface area contributed by atoms with Gasteiger partial charge in [-0.05, 0) is 30.2 Å². The molecule has 158 valence electrons. The molecule has 1 unspecified atom stereocenters. The third-order valence-electron chi connectivity index (χ3n) is 4.62. The standard InChI is InChI=1S/C22H21FN6O2/c1-13(7-20(24)30)12-31-16-4-2-3-14(8-16)22-25-6-5-21(28-22)27-19-9-15-11-26-29-18(15)10-17(19)23/h2-6,8-11,13H,7,12H2,1H3,(H2,24,30)(H,26,29)(H,25,27,28). The molecule has 4 N–H and O–H groups in total. The van der Waals surface area contributed by atoms with E-state index < -0.39 is 5.82 Å². The Morgan fingerprint density at radius 1 is 1.29 bits per heavy atom. The van der Waals surface area contributed by atoms with Crippen molar-refractivity contribution in [1.29, 1.82) is 0 Å². The van der Waals surface area contributed by atoms with Crippen molar-refractivity contribution in [1.82, 2.24) is 20.2 Å². The highest BCUT2D eigenvalue weighted by atomic mass is 19.1. The Kier molecular flexibility index (Phi) is 5.74. The van der Waals surface area contributed by atoms with Crippen LogP contribution in [0.5, 0.6) is 5.75 Å². The lowest BCUT2D eigenvalue weighted by Gasteiger charge is -2.12. The predicted octanol–water partition coefficient (Wildman–Crippen LogP) is 3.79. The normalized spacial score (nSPS) is 11.9. The first kappa shape index (κ1) is 20.3. The topological polar surface area (TPSA) is 119 Å². The Bertz CT molecular complexity index is 1230. The first-order valence-electron chi connectivity index (χ1n) is 9.72. The monoisotopic (exact) mass is 420 g/mol. The highest BCUT2D eigenvalue weighted by molar-refractivity contribution is 5.83. The van der Waals surface area contributed by atoms with Crippen molar-refractivity contribution in [2.24, 2.45) is 11.7 Å². The smallest absolute Gasteiger partial charge is 0.217 e. The van der Waals surface area contributed by atoms with E-state index in [1.807, 2.05) is 31.2 Å². The van der Waals surface area contributed by atoms with Crippen molar-refractivity contribution >= 4 is 28.3 Å². The summed E-state index contributed by atoms with van der Waals surface area (Å²) in [5.74, 6) is 0.779. The number of nitrogens with zero attached hydrogens (tertiary/aromatic N) is 3. The molecule has 0 radical (unpaired) electrons. The van der Waals surface area contributed by atoms with Crippen LogP contribution >= 0.6 is 0 Å². The second-order valence-corrected chi connectivity index (χ2v) is 7.29. The fourth-order valence-corrected chi connectivity index (χ4v) is 3.13. The molecule has 0 saturated carbocycles. The van der Waals surface area contributed by atoms with E-state index in [4.69, 9.17) is 10.5 Å². The molecule has 0 aliphatic carbocycles. The number of anilines is 2. The fraction of sp³-hybridized carbons (Fsp3) is 0.182. The summed E-state index contributed by atoms with van der Waals surface area (Å²) in [5.41, 5.74) is 6.87. The van der Waals surface area contributed by atoms with Gasteiger partial charge in [0.15, 0.2) is 5.82 Å². The number of H-pyrrole nitrogens is 1. The number of carbonyl (C=O) groups is 1. The molecule has 2 aromatic heterocycles. The maximum absolute atomic E-state index is 14.4. The van der Waals surface area contributed by atoms with Crippen molar-refractivity contribution in [2.75, 3.05) is 11.9 Å². The summed E-state index contributed by atoms with van der Waals surface area (Å²) in [6.07, 6.45) is 3.49. The van der Waals surface area contributed by atoms with Gasteiger partial charge in [-0.1, -0.05) is 19.1 Å². The molecule has 8 nitrogen and oxygen atoms in total. The van der Waals surface area contributed by atoms with Gasteiger partial charge in [0.2, 0.25) is 5.91 Å². The summed E-state index contributed by atoms with van der Waals surface area (Å²) in [7, 11) is 0. The van der Waals surface area contributed by atoms with Crippen LogP contribution < -0.4 is 15.8 Å². The summed E-state index contributed by atoms with van der Waals surface area (Å²) in [5, 5.41) is 10.4. The maximum Gasteiger partial charge on any atom is 0.217 e. The largest absolute Gasteiger partial charge is 0.493 e. The van der Waals surface area contributed by atoms with Crippen LogP contribution in [-0.2, 0) is 4.79 Å². The minimum Gasteiger partial charge on any atom is -0.493 e. The Hall–Kier alpha value is -4.01. The van der Waals surface area contributed by atoms with Crippen molar-refractivity contribution in [3.05, 3.63) is 60.7 Å². The summed E-state index contributed by atoms with van der Waals surface area (Å²) in [4.78, 5) is 19.8. The quantitative estimate of drug-likeness (QED) is 0.399. The van der Waals surface area contributed by atoms with Gasteiger partial charge in [0.1, 0.15) is 17.4 Å². The Balaban J connectivity index is 1.51. The van der Waals surface area contributed by atoms with E-state index >= 15 is 0 Å². The second-order valence-electron chi connectivity index (χ2n) is 7.29. The third kappa shape index (κ3) is 4.95. The number of nitrogens with two attached hydrogens (primary N) is 1. The molecule has 4 aromatic rings. The number of halogens is 1. The Morgan fingerprint density at radius 2 is 2.16 bits per heavy atom. The summed E-state index contributed by atoms with van der Waals surface area (Å²) in [6, 6.07) is 12.0. The fourth-order valence-electron chi connectivity index (χ4n) is 3.13. The Morgan fingerprint density at radius 3 is 3.00 bits per heavy atom. The van der Waals surface area contributed by atoms with E-state index in [1.54, 1.807) is 24.5 Å². The molecule has 2 heterocycles. The van der Waals surface area contributed by atoms with Gasteiger partial charge in [-0.2, -0.15) is 5.10 Å². The SMILES string of the molecule is CC(COc1cccc(-c2nccc(Nc3cc4cn[nH]c4cc3F)n2)c1)CC(N)=O. The lowest BCUT2D eigenvalue weighted by molar-refractivity contribution is -0.119. The molecule has 1 amide bonds. The third-order valence-corrected chi connectivity index (χ3v) is 4.62. The minimum absolute atomic E-state index is 0.00685. The first-order valence-corrected chi connectivity index (χ1v) is 9.72.